The number of hydrogen-bond donors (Lipinski definition) is 2. The lowest BCUT2D eigenvalue weighted by atomic mass is 10.1. The van der Waals surface area contributed by atoms with Crippen LogP contribution in [0.5, 0.6) is 5.75 Å². The van der Waals surface area contributed by atoms with E-state index in [1.807, 2.05) is 24.3 Å². The lowest BCUT2D eigenvalue weighted by molar-refractivity contribution is -0.114. The number of aromatic nitrogens is 3. The van der Waals surface area contributed by atoms with Crippen LogP contribution in [0.1, 0.15) is 17.3 Å². The lowest BCUT2D eigenvalue weighted by Gasteiger charge is -2.05. The average Bonchev–Trinajstić information content (AvgIpc) is 3.15. The van der Waals surface area contributed by atoms with Crippen molar-refractivity contribution in [3.8, 4) is 17.1 Å². The molecule has 0 saturated heterocycles. The van der Waals surface area contributed by atoms with E-state index < -0.39 is 11.6 Å². The number of benzene rings is 2. The highest BCUT2D eigenvalue weighted by atomic mass is 32.2. The second kappa shape index (κ2) is 8.66. The van der Waals surface area contributed by atoms with Crippen LogP contribution in [0.3, 0.4) is 0 Å². The molecule has 0 saturated carbocycles. The standard InChI is InChI=1S/C19H17FN4O3S/c1-11(25)21-13-5-8-15(16(20)9-13)17(26)10-28-19-22-18(23-24-19)12-3-6-14(27-2)7-4-12/h3-9H,10H2,1-2H3,(H,21,25)(H,22,23,24). The molecule has 1 aromatic heterocycles. The molecule has 1 amide bonds. The summed E-state index contributed by atoms with van der Waals surface area (Å²) in [5.41, 5.74) is 1.07. The smallest absolute Gasteiger partial charge is 0.221 e. The van der Waals surface area contributed by atoms with Crippen LogP contribution in [0.4, 0.5) is 10.1 Å². The van der Waals surface area contributed by atoms with Gasteiger partial charge in [0, 0.05) is 18.2 Å². The summed E-state index contributed by atoms with van der Waals surface area (Å²) in [5.74, 6) is -0.126. The molecule has 2 N–H and O–H groups in total. The van der Waals surface area contributed by atoms with Gasteiger partial charge in [0.1, 0.15) is 11.6 Å². The summed E-state index contributed by atoms with van der Waals surface area (Å²) in [7, 11) is 1.59. The first kappa shape index (κ1) is 19.6. The van der Waals surface area contributed by atoms with Crippen molar-refractivity contribution in [1.29, 1.82) is 0 Å². The summed E-state index contributed by atoms with van der Waals surface area (Å²) < 4.78 is 19.2. The number of ether oxygens (including phenoxy) is 1. The first-order valence-corrected chi connectivity index (χ1v) is 9.25. The molecule has 28 heavy (non-hydrogen) atoms. The number of nitrogens with zero attached hydrogens (tertiary/aromatic N) is 2. The third-order valence-electron chi connectivity index (χ3n) is 3.75. The molecule has 3 rings (SSSR count). The maximum Gasteiger partial charge on any atom is 0.221 e. The molecule has 0 aliphatic carbocycles. The van der Waals surface area contributed by atoms with Crippen LogP contribution in [-0.2, 0) is 4.79 Å². The molecule has 7 nitrogen and oxygen atoms in total. The van der Waals surface area contributed by atoms with E-state index >= 15 is 0 Å². The molecule has 0 aliphatic rings. The lowest BCUT2D eigenvalue weighted by Crippen LogP contribution is -2.09. The Morgan fingerprint density at radius 2 is 1.96 bits per heavy atom. The molecular formula is C19H17FN4O3S. The molecule has 0 unspecified atom stereocenters. The Hall–Kier alpha value is -3.20. The minimum absolute atomic E-state index is 0.0176. The van der Waals surface area contributed by atoms with E-state index in [4.69, 9.17) is 4.74 Å². The molecule has 9 heteroatoms. The van der Waals surface area contributed by atoms with Crippen molar-refractivity contribution in [3.05, 3.63) is 53.8 Å². The monoisotopic (exact) mass is 400 g/mol. The number of methoxy groups -OCH3 is 1. The SMILES string of the molecule is COc1ccc(-c2nc(SCC(=O)c3ccc(NC(C)=O)cc3F)n[nH]2)cc1. The van der Waals surface area contributed by atoms with Crippen molar-refractivity contribution in [2.75, 3.05) is 18.2 Å². The molecule has 144 valence electrons. The summed E-state index contributed by atoms with van der Waals surface area (Å²) in [5, 5.41) is 9.74. The molecule has 3 aromatic rings. The highest BCUT2D eigenvalue weighted by Crippen LogP contribution is 2.23. The van der Waals surface area contributed by atoms with Gasteiger partial charge in [0.2, 0.25) is 11.1 Å². The molecule has 0 fully saturated rings. The number of rotatable bonds is 7. The highest BCUT2D eigenvalue weighted by Gasteiger charge is 2.15. The third-order valence-corrected chi connectivity index (χ3v) is 4.60. The van der Waals surface area contributed by atoms with E-state index in [0.717, 1.165) is 29.1 Å². The van der Waals surface area contributed by atoms with Gasteiger partial charge in [-0.15, -0.1) is 5.10 Å². The van der Waals surface area contributed by atoms with Gasteiger partial charge in [0.25, 0.3) is 0 Å². The van der Waals surface area contributed by atoms with Gasteiger partial charge in [-0.2, -0.15) is 0 Å². The Morgan fingerprint density at radius 3 is 2.61 bits per heavy atom. The van der Waals surface area contributed by atoms with Crippen molar-refractivity contribution in [3.63, 3.8) is 0 Å². The number of H-pyrrole nitrogens is 1. The number of anilines is 1. The summed E-state index contributed by atoms with van der Waals surface area (Å²) in [6.45, 7) is 1.32. The maximum atomic E-state index is 14.1. The first-order chi connectivity index (χ1) is 13.5. The number of halogens is 1. The first-order valence-electron chi connectivity index (χ1n) is 8.26. The Bertz CT molecular complexity index is 1000. The molecule has 2 aromatic carbocycles. The Labute approximate surface area is 164 Å². The van der Waals surface area contributed by atoms with E-state index in [0.29, 0.717) is 16.7 Å². The van der Waals surface area contributed by atoms with Gasteiger partial charge in [-0.1, -0.05) is 11.8 Å². The van der Waals surface area contributed by atoms with Gasteiger partial charge in [0.15, 0.2) is 11.6 Å². The fourth-order valence-electron chi connectivity index (χ4n) is 2.42. The van der Waals surface area contributed by atoms with E-state index in [1.165, 1.54) is 19.1 Å². The van der Waals surface area contributed by atoms with Crippen molar-refractivity contribution in [2.45, 2.75) is 12.1 Å². The molecule has 0 bridgehead atoms. The van der Waals surface area contributed by atoms with Crippen molar-refractivity contribution in [1.82, 2.24) is 15.2 Å². The predicted molar refractivity (Wildman–Crippen MR) is 104 cm³/mol. The van der Waals surface area contributed by atoms with Crippen LogP contribution in [0.2, 0.25) is 0 Å². The number of carbonyl (C=O) groups excluding carboxylic acids is 2. The normalized spacial score (nSPS) is 10.5. The fraction of sp³-hybridized carbons (Fsp3) is 0.158. The molecule has 0 spiro atoms. The van der Waals surface area contributed by atoms with Crippen molar-refractivity contribution < 1.29 is 18.7 Å². The Kier molecular flexibility index (Phi) is 6.05. The number of carbonyl (C=O) groups is 2. The summed E-state index contributed by atoms with van der Waals surface area (Å²) in [6, 6.07) is 11.2. The number of ketones is 1. The van der Waals surface area contributed by atoms with E-state index in [2.05, 4.69) is 20.5 Å². The van der Waals surface area contributed by atoms with Gasteiger partial charge < -0.3 is 10.1 Å². The molecule has 0 aliphatic heterocycles. The van der Waals surface area contributed by atoms with Gasteiger partial charge in [-0.3, -0.25) is 14.7 Å². The maximum absolute atomic E-state index is 14.1. The van der Waals surface area contributed by atoms with Crippen LogP contribution >= 0.6 is 11.8 Å². The predicted octanol–water partition coefficient (Wildman–Crippen LogP) is 3.55. The number of aromatic amines is 1. The van der Waals surface area contributed by atoms with Crippen LogP contribution in [0.15, 0.2) is 47.6 Å². The average molecular weight is 400 g/mol. The van der Waals surface area contributed by atoms with Gasteiger partial charge in [-0.25, -0.2) is 9.37 Å². The Morgan fingerprint density at radius 1 is 1.21 bits per heavy atom. The number of thioether (sulfide) groups is 1. The van der Waals surface area contributed by atoms with E-state index in [-0.39, 0.29) is 17.2 Å². The number of nitrogens with one attached hydrogen (secondary N) is 2. The van der Waals surface area contributed by atoms with Crippen LogP contribution in [-0.4, -0.2) is 39.7 Å². The molecule has 0 atom stereocenters. The second-order valence-corrected chi connectivity index (χ2v) is 6.73. The highest BCUT2D eigenvalue weighted by molar-refractivity contribution is 7.99. The zero-order chi connectivity index (χ0) is 20.1. The topological polar surface area (TPSA) is 97.0 Å². The number of hydrogen-bond acceptors (Lipinski definition) is 6. The summed E-state index contributed by atoms with van der Waals surface area (Å²) >= 11 is 1.11. The molecule has 0 radical (unpaired) electrons. The van der Waals surface area contributed by atoms with Crippen LogP contribution in [0, 0.1) is 5.82 Å². The minimum atomic E-state index is -0.689. The molecular weight excluding hydrogens is 383 g/mol. The van der Waals surface area contributed by atoms with Gasteiger partial charge >= 0.3 is 0 Å². The largest absolute Gasteiger partial charge is 0.497 e. The summed E-state index contributed by atoms with van der Waals surface area (Å²) in [4.78, 5) is 27.6. The number of amides is 1. The zero-order valence-corrected chi connectivity index (χ0v) is 16.0. The minimum Gasteiger partial charge on any atom is -0.497 e. The van der Waals surface area contributed by atoms with Crippen molar-refractivity contribution in [2.24, 2.45) is 0 Å². The van der Waals surface area contributed by atoms with Gasteiger partial charge in [0.05, 0.1) is 18.4 Å². The molecule has 1 heterocycles. The van der Waals surface area contributed by atoms with E-state index in [1.54, 1.807) is 7.11 Å². The Balaban J connectivity index is 1.63. The zero-order valence-electron chi connectivity index (χ0n) is 15.2. The van der Waals surface area contributed by atoms with Gasteiger partial charge in [-0.05, 0) is 42.5 Å². The van der Waals surface area contributed by atoms with Crippen LogP contribution < -0.4 is 10.1 Å². The van der Waals surface area contributed by atoms with E-state index in [9.17, 15) is 14.0 Å². The third kappa shape index (κ3) is 4.74. The number of Topliss-reactive ketones (excluding diaryl/α,β-unsaturated/α-hetero) is 1. The second-order valence-electron chi connectivity index (χ2n) is 5.78. The quantitative estimate of drug-likeness (QED) is 0.465. The fourth-order valence-corrected chi connectivity index (χ4v) is 3.10. The summed E-state index contributed by atoms with van der Waals surface area (Å²) in [6.07, 6.45) is 0. The van der Waals surface area contributed by atoms with Crippen LogP contribution in [0.25, 0.3) is 11.4 Å². The van der Waals surface area contributed by atoms with Crippen molar-refractivity contribution >= 4 is 29.1 Å².